The van der Waals surface area contributed by atoms with Gasteiger partial charge in [0.25, 0.3) is 10.0 Å². The van der Waals surface area contributed by atoms with E-state index in [0.717, 1.165) is 6.20 Å². The van der Waals surface area contributed by atoms with E-state index >= 15 is 0 Å². The Morgan fingerprint density at radius 3 is 2.26 bits per heavy atom. The minimum Gasteiger partial charge on any atom is -0.477 e. The third-order valence-corrected chi connectivity index (χ3v) is 4.43. The number of hydrogen-bond donors (Lipinski definition) is 1. The number of carboxylic acids is 1. The summed E-state index contributed by atoms with van der Waals surface area (Å²) in [6.45, 7) is 0. The fraction of sp³-hybridized carbons (Fsp3) is 0. The monoisotopic (exact) mass is 319 g/mol. The summed E-state index contributed by atoms with van der Waals surface area (Å²) in [7, 11) is -4.05. The molecular weight excluding hydrogens is 313 g/mol. The molecule has 0 aliphatic carbocycles. The molecule has 1 aromatic carbocycles. The van der Waals surface area contributed by atoms with E-state index in [1.54, 1.807) is 0 Å². The van der Waals surface area contributed by atoms with E-state index in [9.17, 15) is 13.2 Å². The number of halogens is 2. The molecule has 0 radical (unpaired) electrons. The Hall–Kier alpha value is -1.50. The predicted octanol–water partition coefficient (Wildman–Crippen LogP) is 2.73. The molecule has 0 saturated heterocycles. The zero-order valence-corrected chi connectivity index (χ0v) is 11.6. The summed E-state index contributed by atoms with van der Waals surface area (Å²) in [5, 5.41) is 9.23. The summed E-state index contributed by atoms with van der Waals surface area (Å²) in [5.74, 6) is -1.35. The molecule has 8 heteroatoms. The van der Waals surface area contributed by atoms with Gasteiger partial charge in [-0.2, -0.15) is 0 Å². The first-order chi connectivity index (χ1) is 8.82. The zero-order valence-electron chi connectivity index (χ0n) is 9.25. The zero-order chi connectivity index (χ0) is 14.2. The number of benzene rings is 1. The number of nitrogens with zero attached hydrogens (tertiary/aromatic N) is 1. The highest BCUT2D eigenvalue weighted by Gasteiger charge is 2.23. The van der Waals surface area contributed by atoms with Crippen LogP contribution in [-0.2, 0) is 10.0 Å². The first-order valence-corrected chi connectivity index (χ1v) is 7.14. The van der Waals surface area contributed by atoms with Crippen LogP contribution in [0.25, 0.3) is 0 Å². The fourth-order valence-electron chi connectivity index (χ4n) is 1.53. The van der Waals surface area contributed by atoms with E-state index in [4.69, 9.17) is 28.3 Å². The summed E-state index contributed by atoms with van der Waals surface area (Å²) in [6.07, 6.45) is 1.15. The number of aromatic nitrogens is 1. The van der Waals surface area contributed by atoms with Crippen LogP contribution in [0.2, 0.25) is 10.0 Å². The third kappa shape index (κ3) is 2.60. The summed E-state index contributed by atoms with van der Waals surface area (Å²) in [5.41, 5.74) is -0.365. The number of carboxylic acid groups (broad SMARTS) is 1. The number of hydrogen-bond acceptors (Lipinski definition) is 3. The minimum atomic E-state index is -4.05. The molecule has 0 aliphatic rings. The average Bonchev–Trinajstić information content (AvgIpc) is 2.76. The van der Waals surface area contributed by atoms with Crippen molar-refractivity contribution in [3.05, 3.63) is 52.3 Å². The smallest absolute Gasteiger partial charge is 0.353 e. The van der Waals surface area contributed by atoms with Crippen LogP contribution >= 0.6 is 23.2 Å². The molecule has 0 fully saturated rings. The maximum Gasteiger partial charge on any atom is 0.353 e. The molecule has 100 valence electrons. The van der Waals surface area contributed by atoms with Gasteiger partial charge < -0.3 is 5.11 Å². The molecule has 5 nitrogen and oxygen atoms in total. The molecule has 0 amide bonds. The molecule has 2 aromatic rings. The van der Waals surface area contributed by atoms with Crippen molar-refractivity contribution in [2.24, 2.45) is 0 Å². The maximum absolute atomic E-state index is 12.3. The second-order valence-corrected chi connectivity index (χ2v) is 6.29. The molecule has 1 N–H and O–H groups in total. The van der Waals surface area contributed by atoms with E-state index in [2.05, 4.69) is 0 Å². The van der Waals surface area contributed by atoms with Crippen LogP contribution in [0.1, 0.15) is 10.5 Å². The van der Waals surface area contributed by atoms with Crippen LogP contribution in [-0.4, -0.2) is 23.5 Å². The average molecular weight is 320 g/mol. The fourth-order valence-corrected chi connectivity index (χ4v) is 3.60. The lowest BCUT2D eigenvalue weighted by Crippen LogP contribution is -2.17. The van der Waals surface area contributed by atoms with Crippen molar-refractivity contribution in [2.45, 2.75) is 4.90 Å². The van der Waals surface area contributed by atoms with E-state index in [1.165, 1.54) is 30.3 Å². The molecule has 0 bridgehead atoms. The highest BCUT2D eigenvalue weighted by Crippen LogP contribution is 2.24. The summed E-state index contributed by atoms with van der Waals surface area (Å²) in [4.78, 5) is 10.8. The van der Waals surface area contributed by atoms with Gasteiger partial charge in [0.1, 0.15) is 5.69 Å². The van der Waals surface area contributed by atoms with Crippen LogP contribution in [0.3, 0.4) is 0 Å². The van der Waals surface area contributed by atoms with E-state index in [0.29, 0.717) is 3.97 Å². The van der Waals surface area contributed by atoms with Crippen LogP contribution in [0.15, 0.2) is 41.4 Å². The largest absolute Gasteiger partial charge is 0.477 e. The molecule has 0 atom stereocenters. The van der Waals surface area contributed by atoms with Crippen molar-refractivity contribution in [1.82, 2.24) is 3.97 Å². The number of carbonyl (C=O) groups is 1. The SMILES string of the molecule is O=C(O)c1cccn1S(=O)(=O)c1cc(Cl)cc(Cl)c1. The van der Waals surface area contributed by atoms with Crippen LogP contribution < -0.4 is 0 Å². The van der Waals surface area contributed by atoms with Crippen LogP contribution in [0.4, 0.5) is 0 Å². The molecule has 0 unspecified atom stereocenters. The predicted molar refractivity (Wildman–Crippen MR) is 70.4 cm³/mol. The second kappa shape index (κ2) is 4.88. The maximum atomic E-state index is 12.3. The van der Waals surface area contributed by atoms with Gasteiger partial charge in [0.2, 0.25) is 0 Å². The molecule has 0 saturated carbocycles. The van der Waals surface area contributed by atoms with Crippen LogP contribution in [0.5, 0.6) is 0 Å². The lowest BCUT2D eigenvalue weighted by molar-refractivity contribution is 0.0689. The highest BCUT2D eigenvalue weighted by atomic mass is 35.5. The molecule has 19 heavy (non-hydrogen) atoms. The lowest BCUT2D eigenvalue weighted by atomic mass is 10.4. The minimum absolute atomic E-state index is 0.148. The molecule has 1 heterocycles. The van der Waals surface area contributed by atoms with Crippen molar-refractivity contribution in [3.63, 3.8) is 0 Å². The standard InChI is InChI=1S/C11H7Cl2NO4S/c12-7-4-8(13)6-9(5-7)19(17,18)14-3-1-2-10(14)11(15)16/h1-6H,(H,15,16). The van der Waals surface area contributed by atoms with Crippen molar-refractivity contribution in [2.75, 3.05) is 0 Å². The van der Waals surface area contributed by atoms with Gasteiger partial charge in [-0.3, -0.25) is 0 Å². The second-order valence-electron chi connectivity index (χ2n) is 3.60. The van der Waals surface area contributed by atoms with Crippen molar-refractivity contribution in [3.8, 4) is 0 Å². The Kier molecular flexibility index (Phi) is 3.58. The Bertz CT molecular complexity index is 732. The Balaban J connectivity index is 2.65. The molecule has 0 spiro atoms. The van der Waals surface area contributed by atoms with E-state index in [-0.39, 0.29) is 20.6 Å². The molecule has 0 aliphatic heterocycles. The van der Waals surface area contributed by atoms with Gasteiger partial charge in [-0.05, 0) is 30.3 Å². The quantitative estimate of drug-likeness (QED) is 0.943. The topological polar surface area (TPSA) is 76.4 Å². The van der Waals surface area contributed by atoms with E-state index in [1.807, 2.05) is 0 Å². The van der Waals surface area contributed by atoms with Crippen molar-refractivity contribution >= 4 is 39.2 Å². The Labute approximate surface area is 119 Å². The summed E-state index contributed by atoms with van der Waals surface area (Å²) in [6, 6.07) is 6.30. The first kappa shape index (κ1) is 13.9. The summed E-state index contributed by atoms with van der Waals surface area (Å²) < 4.78 is 25.3. The number of rotatable bonds is 3. The van der Waals surface area contributed by atoms with Gasteiger partial charge in [-0.25, -0.2) is 17.2 Å². The van der Waals surface area contributed by atoms with Gasteiger partial charge in [-0.1, -0.05) is 23.2 Å². The van der Waals surface area contributed by atoms with Crippen molar-refractivity contribution in [1.29, 1.82) is 0 Å². The van der Waals surface area contributed by atoms with Gasteiger partial charge >= 0.3 is 5.97 Å². The lowest BCUT2D eigenvalue weighted by Gasteiger charge is -2.09. The van der Waals surface area contributed by atoms with Gasteiger partial charge in [0, 0.05) is 16.2 Å². The molecule has 1 aromatic heterocycles. The van der Waals surface area contributed by atoms with Gasteiger partial charge in [-0.15, -0.1) is 0 Å². The first-order valence-electron chi connectivity index (χ1n) is 4.94. The normalized spacial score (nSPS) is 11.5. The summed E-state index contributed by atoms with van der Waals surface area (Å²) >= 11 is 11.5. The highest BCUT2D eigenvalue weighted by molar-refractivity contribution is 7.90. The van der Waals surface area contributed by atoms with Gasteiger partial charge in [0.15, 0.2) is 0 Å². The molecule has 2 rings (SSSR count). The molecular formula is C11H7Cl2NO4S. The third-order valence-electron chi connectivity index (χ3n) is 2.32. The number of aromatic carboxylic acids is 1. The van der Waals surface area contributed by atoms with E-state index < -0.39 is 16.0 Å². The van der Waals surface area contributed by atoms with Crippen LogP contribution in [0, 0.1) is 0 Å². The van der Waals surface area contributed by atoms with Gasteiger partial charge in [0.05, 0.1) is 4.90 Å². The Morgan fingerprint density at radius 1 is 1.16 bits per heavy atom. The Morgan fingerprint density at radius 2 is 1.74 bits per heavy atom. The van der Waals surface area contributed by atoms with Crippen molar-refractivity contribution < 1.29 is 18.3 Å².